The van der Waals surface area contributed by atoms with E-state index in [1.165, 1.54) is 4.90 Å². The first-order chi connectivity index (χ1) is 23.0. The Morgan fingerprint density at radius 2 is 1.68 bits per heavy atom. The van der Waals surface area contributed by atoms with Crippen LogP contribution in [0.3, 0.4) is 0 Å². The Morgan fingerprint density at radius 1 is 1.04 bits per heavy atom. The van der Waals surface area contributed by atoms with Gasteiger partial charge in [-0.05, 0) is 55.7 Å². The van der Waals surface area contributed by atoms with Crippen LogP contribution in [0.2, 0.25) is 5.02 Å². The largest absolute Gasteiger partial charge is 0.480 e. The monoisotopic (exact) mass is 754 g/mol. The number of carboxylic acids is 1. The zero-order chi connectivity index (χ0) is 38.1. The summed E-state index contributed by atoms with van der Waals surface area (Å²) in [7, 11) is -4.81. The predicted octanol–water partition coefficient (Wildman–Crippen LogP) is 1.13. The smallest absolute Gasteiger partial charge is 0.417 e. The molecule has 0 aromatic heterocycles. The molecule has 1 aliphatic rings. The second-order valence-electron chi connectivity index (χ2n) is 12.5. The summed E-state index contributed by atoms with van der Waals surface area (Å²) < 4.78 is 66.7. The van der Waals surface area contributed by atoms with Gasteiger partial charge in [0.15, 0.2) is 0 Å². The van der Waals surface area contributed by atoms with Crippen LogP contribution < -0.4 is 26.4 Å². The van der Waals surface area contributed by atoms with Crippen LogP contribution in [0.5, 0.6) is 0 Å². The van der Waals surface area contributed by atoms with E-state index in [4.69, 9.17) is 17.3 Å². The standard InChI is InChI=1S/C30H42ClF3N6O9S/c1-15(2)12-21(27(44)38-25(16(3)4)28(45)40-11-5-6-22(40)26(35)43)37-24(42)14-36-23(41)10-9-20(29(46)47)39-50(48,49)17-7-8-19(31)18(13-17)30(32,33)34/h7-8,13,15-16,20-22,25,39H,5-6,9-12,14H2,1-4H3,(H2,35,43)(H,36,41)(H,37,42)(H,38,44)(H,46,47)/t20-,21-,22-,25-/m0/s1. The van der Waals surface area contributed by atoms with Crippen molar-refractivity contribution in [2.45, 2.75) is 95.0 Å². The van der Waals surface area contributed by atoms with Crippen molar-refractivity contribution in [3.8, 4) is 0 Å². The van der Waals surface area contributed by atoms with Gasteiger partial charge < -0.3 is 31.7 Å². The number of nitrogens with two attached hydrogens (primary N) is 1. The minimum atomic E-state index is -4.99. The van der Waals surface area contributed by atoms with Crippen molar-refractivity contribution < 1.29 is 55.5 Å². The van der Waals surface area contributed by atoms with Crippen LogP contribution in [0.1, 0.15) is 65.4 Å². The first kappa shape index (κ1) is 42.2. The number of sulfonamides is 1. The number of halogens is 4. The predicted molar refractivity (Wildman–Crippen MR) is 173 cm³/mol. The summed E-state index contributed by atoms with van der Waals surface area (Å²) in [6.45, 7) is 6.61. The SMILES string of the molecule is CC(C)C[C@H](NC(=O)CNC(=O)CC[C@H](NS(=O)(=O)c1ccc(Cl)c(C(F)(F)F)c1)C(=O)O)C(=O)N[C@H](C(=O)N1CCC[C@H]1C(N)=O)C(C)C. The molecule has 1 saturated heterocycles. The lowest BCUT2D eigenvalue weighted by Gasteiger charge is -2.31. The number of carbonyl (C=O) groups excluding carboxylic acids is 5. The van der Waals surface area contributed by atoms with Crippen molar-refractivity contribution in [2.75, 3.05) is 13.1 Å². The number of hydrogen-bond donors (Lipinski definition) is 6. The highest BCUT2D eigenvalue weighted by Crippen LogP contribution is 2.36. The zero-order valence-electron chi connectivity index (χ0n) is 27.8. The number of aliphatic carboxylic acids is 1. The van der Waals surface area contributed by atoms with Crippen molar-refractivity contribution in [1.29, 1.82) is 0 Å². The van der Waals surface area contributed by atoms with Gasteiger partial charge in [-0.15, -0.1) is 0 Å². The fourth-order valence-electron chi connectivity index (χ4n) is 5.14. The van der Waals surface area contributed by atoms with Gasteiger partial charge in [-0.2, -0.15) is 17.9 Å². The number of nitrogens with one attached hydrogen (secondary N) is 4. The fraction of sp³-hybridized carbons (Fsp3) is 0.600. The summed E-state index contributed by atoms with van der Waals surface area (Å²) >= 11 is 5.52. The van der Waals surface area contributed by atoms with Crippen LogP contribution in [0, 0.1) is 11.8 Å². The molecule has 0 bridgehead atoms. The van der Waals surface area contributed by atoms with Crippen molar-refractivity contribution in [2.24, 2.45) is 17.6 Å². The lowest BCUT2D eigenvalue weighted by atomic mass is 9.99. The van der Waals surface area contributed by atoms with E-state index in [0.29, 0.717) is 25.5 Å². The third-order valence-corrected chi connectivity index (χ3v) is 9.51. The lowest BCUT2D eigenvalue weighted by molar-refractivity contribution is -0.142. The van der Waals surface area contributed by atoms with Crippen LogP contribution in [-0.4, -0.2) is 91.2 Å². The van der Waals surface area contributed by atoms with Gasteiger partial charge in [0.1, 0.15) is 24.2 Å². The quantitative estimate of drug-likeness (QED) is 0.134. The van der Waals surface area contributed by atoms with Gasteiger partial charge in [0.2, 0.25) is 39.6 Å². The molecular formula is C30H42ClF3N6O9S. The highest BCUT2D eigenvalue weighted by molar-refractivity contribution is 7.89. The fourth-order valence-corrected chi connectivity index (χ4v) is 6.61. The molecule has 50 heavy (non-hydrogen) atoms. The number of carboxylic acid groups (broad SMARTS) is 1. The molecule has 15 nitrogen and oxygen atoms in total. The van der Waals surface area contributed by atoms with E-state index in [1.54, 1.807) is 32.4 Å². The third kappa shape index (κ3) is 12.1. The number of carbonyl (C=O) groups is 6. The lowest BCUT2D eigenvalue weighted by Crippen LogP contribution is -2.58. The van der Waals surface area contributed by atoms with Gasteiger partial charge >= 0.3 is 12.1 Å². The van der Waals surface area contributed by atoms with Gasteiger partial charge in [-0.25, -0.2) is 8.42 Å². The van der Waals surface area contributed by atoms with Crippen LogP contribution in [0.25, 0.3) is 0 Å². The van der Waals surface area contributed by atoms with Crippen molar-refractivity contribution in [1.82, 2.24) is 25.6 Å². The number of benzene rings is 1. The second kappa shape index (κ2) is 17.8. The Labute approximate surface area is 292 Å². The molecule has 1 heterocycles. The minimum Gasteiger partial charge on any atom is -0.480 e. The first-order valence-electron chi connectivity index (χ1n) is 15.6. The molecule has 5 amide bonds. The van der Waals surface area contributed by atoms with Crippen molar-refractivity contribution in [3.05, 3.63) is 28.8 Å². The Morgan fingerprint density at radius 3 is 2.22 bits per heavy atom. The molecule has 280 valence electrons. The van der Waals surface area contributed by atoms with Crippen LogP contribution >= 0.6 is 11.6 Å². The molecule has 0 spiro atoms. The number of amides is 5. The van der Waals surface area contributed by atoms with E-state index in [1.807, 2.05) is 0 Å². The van der Waals surface area contributed by atoms with Gasteiger partial charge in [-0.1, -0.05) is 39.3 Å². The maximum atomic E-state index is 13.3. The second-order valence-corrected chi connectivity index (χ2v) is 14.7. The Balaban J connectivity index is 2.01. The summed E-state index contributed by atoms with van der Waals surface area (Å²) in [6, 6.07) is -3.19. The highest BCUT2D eigenvalue weighted by Gasteiger charge is 2.39. The average molecular weight is 755 g/mol. The number of rotatable bonds is 17. The van der Waals surface area contributed by atoms with E-state index >= 15 is 0 Å². The maximum Gasteiger partial charge on any atom is 0.417 e. The molecule has 0 aliphatic carbocycles. The van der Waals surface area contributed by atoms with Gasteiger partial charge in [-0.3, -0.25) is 28.8 Å². The maximum absolute atomic E-state index is 13.3. The molecule has 1 fully saturated rings. The van der Waals surface area contributed by atoms with E-state index in [2.05, 4.69) is 16.0 Å². The number of alkyl halides is 3. The van der Waals surface area contributed by atoms with E-state index in [0.717, 1.165) is 6.07 Å². The van der Waals surface area contributed by atoms with E-state index in [9.17, 15) is 55.5 Å². The Kier molecular flexibility index (Phi) is 15.0. The molecule has 0 saturated carbocycles. The van der Waals surface area contributed by atoms with Gasteiger partial charge in [0, 0.05) is 13.0 Å². The summed E-state index contributed by atoms with van der Waals surface area (Å²) in [6.07, 6.45) is -5.12. The minimum absolute atomic E-state index is 0.101. The molecule has 0 radical (unpaired) electrons. The molecule has 7 N–H and O–H groups in total. The van der Waals surface area contributed by atoms with Crippen molar-refractivity contribution >= 4 is 57.1 Å². The van der Waals surface area contributed by atoms with Crippen LogP contribution in [0.4, 0.5) is 13.2 Å². The molecular weight excluding hydrogens is 713 g/mol. The Hall–Kier alpha value is -3.97. The number of likely N-dealkylation sites (tertiary alicyclic amines) is 1. The summed E-state index contributed by atoms with van der Waals surface area (Å²) in [4.78, 5) is 75.7. The summed E-state index contributed by atoms with van der Waals surface area (Å²) in [5.41, 5.74) is 3.99. The molecule has 20 heteroatoms. The number of hydrogen-bond acceptors (Lipinski definition) is 8. The van der Waals surface area contributed by atoms with E-state index in [-0.39, 0.29) is 18.4 Å². The van der Waals surface area contributed by atoms with Crippen molar-refractivity contribution in [3.63, 3.8) is 0 Å². The van der Waals surface area contributed by atoms with Gasteiger partial charge in [0.05, 0.1) is 22.0 Å². The molecule has 1 aromatic carbocycles. The third-order valence-electron chi connectivity index (χ3n) is 7.71. The van der Waals surface area contributed by atoms with Crippen LogP contribution in [0.15, 0.2) is 23.1 Å². The van der Waals surface area contributed by atoms with E-state index < -0.39 is 117 Å². The molecule has 4 atom stereocenters. The highest BCUT2D eigenvalue weighted by atomic mass is 35.5. The van der Waals surface area contributed by atoms with Crippen LogP contribution in [-0.2, 0) is 45.0 Å². The average Bonchev–Trinajstić information content (AvgIpc) is 3.50. The summed E-state index contributed by atoms with van der Waals surface area (Å²) in [5.74, 6) is -5.72. The Bertz CT molecular complexity index is 1560. The summed E-state index contributed by atoms with van der Waals surface area (Å²) in [5, 5.41) is 16.1. The number of nitrogens with zero attached hydrogens (tertiary/aromatic N) is 1. The first-order valence-corrected chi connectivity index (χ1v) is 17.5. The molecule has 1 aromatic rings. The topological polar surface area (TPSA) is 234 Å². The zero-order valence-corrected chi connectivity index (χ0v) is 29.4. The molecule has 2 rings (SSSR count). The normalized spacial score (nSPS) is 16.8. The molecule has 0 unspecified atom stereocenters. The number of primary amides is 1. The van der Waals surface area contributed by atoms with Gasteiger partial charge in [0.25, 0.3) is 0 Å². The molecule has 1 aliphatic heterocycles.